The van der Waals surface area contributed by atoms with Gasteiger partial charge in [-0.1, -0.05) is 60.7 Å². The zero-order valence-electron chi connectivity index (χ0n) is 19.0. The van der Waals surface area contributed by atoms with Crippen LogP contribution in [0.1, 0.15) is 23.5 Å². The lowest BCUT2D eigenvalue weighted by molar-refractivity contribution is -0.150. The average Bonchev–Trinajstić information content (AvgIpc) is 2.89. The quantitative estimate of drug-likeness (QED) is 0.277. The van der Waals surface area contributed by atoms with Crippen molar-refractivity contribution in [3.63, 3.8) is 0 Å². The number of hydrogen-bond acceptors (Lipinski definition) is 6. The lowest BCUT2D eigenvalue weighted by Crippen LogP contribution is -2.31. The van der Waals surface area contributed by atoms with Crippen LogP contribution in [0.15, 0.2) is 100 Å². The number of fused-ring (bicyclic) bond motifs is 1. The van der Waals surface area contributed by atoms with E-state index in [2.05, 4.69) is 29.6 Å². The molecule has 178 valence electrons. The second-order valence-corrected chi connectivity index (χ2v) is 7.92. The lowest BCUT2D eigenvalue weighted by atomic mass is 9.88. The molecule has 0 radical (unpaired) electrons. The summed E-state index contributed by atoms with van der Waals surface area (Å²) >= 11 is 0. The molecule has 0 aliphatic heterocycles. The molecule has 0 atom stereocenters. The number of amides is 1. The number of rotatable bonds is 10. The minimum atomic E-state index is -0.679. The van der Waals surface area contributed by atoms with E-state index >= 15 is 0 Å². The molecule has 1 amide bonds. The first-order chi connectivity index (χ1) is 17.1. The third-order valence-corrected chi connectivity index (χ3v) is 5.47. The maximum absolute atomic E-state index is 12.2. The number of carbonyl (C=O) groups excluding carboxylic acids is 2. The number of carbonyl (C=O) groups is 2. The lowest BCUT2D eigenvalue weighted by Gasteiger charge is -2.18. The van der Waals surface area contributed by atoms with Gasteiger partial charge in [-0.2, -0.15) is 0 Å². The van der Waals surface area contributed by atoms with Crippen LogP contribution in [-0.4, -0.2) is 31.6 Å². The van der Waals surface area contributed by atoms with Crippen molar-refractivity contribution in [1.29, 1.82) is 0 Å². The van der Waals surface area contributed by atoms with Crippen LogP contribution < -0.4 is 15.7 Å². The van der Waals surface area contributed by atoms with Gasteiger partial charge >= 0.3 is 11.6 Å². The van der Waals surface area contributed by atoms with Crippen molar-refractivity contribution in [3.8, 4) is 5.75 Å². The van der Waals surface area contributed by atoms with Crippen LogP contribution in [0.4, 0.5) is 0 Å². The van der Waals surface area contributed by atoms with E-state index in [9.17, 15) is 14.4 Å². The number of esters is 1. The molecule has 0 saturated carbocycles. The molecule has 1 N–H and O–H groups in total. The molecule has 0 aliphatic carbocycles. The van der Waals surface area contributed by atoms with Crippen molar-refractivity contribution in [2.24, 2.45) is 0 Å². The number of ether oxygens (including phenoxy) is 2. The Balaban J connectivity index is 1.22. The third-order valence-electron chi connectivity index (χ3n) is 5.47. The highest BCUT2D eigenvalue weighted by atomic mass is 16.6. The molecule has 4 rings (SSSR count). The van der Waals surface area contributed by atoms with Gasteiger partial charge in [0.25, 0.3) is 5.91 Å². The molecule has 35 heavy (non-hydrogen) atoms. The topological polar surface area (TPSA) is 94.8 Å². The SMILES string of the molecule is O=C(COC(=O)COc1ccc2ccc(=O)oc2c1)NCCC(c1ccccc1)c1ccccc1. The maximum Gasteiger partial charge on any atom is 0.344 e. The molecule has 0 spiro atoms. The average molecular weight is 472 g/mol. The van der Waals surface area contributed by atoms with Gasteiger partial charge in [-0.15, -0.1) is 0 Å². The van der Waals surface area contributed by atoms with Gasteiger partial charge in [0.15, 0.2) is 13.2 Å². The van der Waals surface area contributed by atoms with E-state index in [1.54, 1.807) is 18.2 Å². The molecule has 0 unspecified atom stereocenters. The summed E-state index contributed by atoms with van der Waals surface area (Å²) < 4.78 is 15.5. The van der Waals surface area contributed by atoms with E-state index in [1.165, 1.54) is 23.3 Å². The zero-order chi connectivity index (χ0) is 24.5. The summed E-state index contributed by atoms with van der Waals surface area (Å²) in [6.07, 6.45) is 0.703. The van der Waals surface area contributed by atoms with Crippen LogP contribution in [0.25, 0.3) is 11.0 Å². The molecule has 0 bridgehead atoms. The summed E-state index contributed by atoms with van der Waals surface area (Å²) in [7, 11) is 0. The first-order valence-electron chi connectivity index (χ1n) is 11.3. The molecule has 4 aromatic rings. The number of nitrogens with one attached hydrogen (secondary N) is 1. The van der Waals surface area contributed by atoms with Crippen LogP contribution in [0.2, 0.25) is 0 Å². The Morgan fingerprint density at radius 1 is 0.829 bits per heavy atom. The third kappa shape index (κ3) is 6.80. The minimum Gasteiger partial charge on any atom is -0.482 e. The van der Waals surface area contributed by atoms with Crippen molar-refractivity contribution in [2.75, 3.05) is 19.8 Å². The van der Waals surface area contributed by atoms with Crippen LogP contribution >= 0.6 is 0 Å². The fourth-order valence-electron chi connectivity index (χ4n) is 3.76. The van der Waals surface area contributed by atoms with Crippen molar-refractivity contribution < 1.29 is 23.5 Å². The highest BCUT2D eigenvalue weighted by Crippen LogP contribution is 2.27. The van der Waals surface area contributed by atoms with Crippen LogP contribution in [0.3, 0.4) is 0 Å². The Hall–Kier alpha value is -4.39. The van der Waals surface area contributed by atoms with Gasteiger partial charge in [-0.3, -0.25) is 4.79 Å². The van der Waals surface area contributed by atoms with E-state index in [4.69, 9.17) is 13.9 Å². The Kier molecular flexibility index (Phi) is 7.91. The van der Waals surface area contributed by atoms with Crippen molar-refractivity contribution in [1.82, 2.24) is 5.32 Å². The van der Waals surface area contributed by atoms with Gasteiger partial charge in [-0.25, -0.2) is 9.59 Å². The molecule has 1 aromatic heterocycles. The number of hydrogen-bond donors (Lipinski definition) is 1. The minimum absolute atomic E-state index is 0.139. The Bertz CT molecular complexity index is 1290. The smallest absolute Gasteiger partial charge is 0.344 e. The first-order valence-corrected chi connectivity index (χ1v) is 11.3. The normalized spacial score (nSPS) is 10.8. The summed E-state index contributed by atoms with van der Waals surface area (Å²) in [5.74, 6) is -0.576. The second-order valence-electron chi connectivity index (χ2n) is 7.92. The van der Waals surface area contributed by atoms with Gasteiger partial charge in [-0.05, 0) is 35.7 Å². The van der Waals surface area contributed by atoms with E-state index in [0.717, 1.165) is 5.39 Å². The highest BCUT2D eigenvalue weighted by Gasteiger charge is 2.15. The molecule has 0 fully saturated rings. The number of benzene rings is 3. The van der Waals surface area contributed by atoms with Crippen molar-refractivity contribution in [3.05, 3.63) is 113 Å². The Morgan fingerprint density at radius 2 is 1.49 bits per heavy atom. The molecule has 3 aromatic carbocycles. The van der Waals surface area contributed by atoms with E-state index < -0.39 is 18.2 Å². The second kappa shape index (κ2) is 11.7. The first kappa shape index (κ1) is 23.8. The molecular weight excluding hydrogens is 446 g/mol. The Labute approximate surface area is 202 Å². The molecular formula is C28H25NO6. The molecule has 7 heteroatoms. The fourth-order valence-corrected chi connectivity index (χ4v) is 3.76. The molecule has 7 nitrogen and oxygen atoms in total. The monoisotopic (exact) mass is 471 g/mol. The predicted molar refractivity (Wildman–Crippen MR) is 131 cm³/mol. The highest BCUT2D eigenvalue weighted by molar-refractivity contribution is 5.81. The van der Waals surface area contributed by atoms with Gasteiger partial charge < -0.3 is 19.2 Å². The zero-order valence-corrected chi connectivity index (χ0v) is 19.0. The predicted octanol–water partition coefficient (Wildman–Crippen LogP) is 4.05. The van der Waals surface area contributed by atoms with Gasteiger partial charge in [0, 0.05) is 30.0 Å². The standard InChI is InChI=1S/C28H25NO6/c30-26(29-16-15-24(20-7-3-1-4-8-20)21-9-5-2-6-10-21)18-34-28(32)19-33-23-13-11-22-12-14-27(31)35-25(22)17-23/h1-14,17,24H,15-16,18-19H2,(H,29,30). The summed E-state index contributed by atoms with van der Waals surface area (Å²) in [6.45, 7) is -0.334. The summed E-state index contributed by atoms with van der Waals surface area (Å²) in [5, 5.41) is 3.54. The van der Waals surface area contributed by atoms with Crippen molar-refractivity contribution in [2.45, 2.75) is 12.3 Å². The maximum atomic E-state index is 12.2. The van der Waals surface area contributed by atoms with Gasteiger partial charge in [0.1, 0.15) is 11.3 Å². The van der Waals surface area contributed by atoms with Crippen LogP contribution in [0.5, 0.6) is 5.75 Å². The summed E-state index contributed by atoms with van der Waals surface area (Å²) in [5.41, 5.74) is 2.22. The van der Waals surface area contributed by atoms with Gasteiger partial charge in [0.05, 0.1) is 0 Å². The fraction of sp³-hybridized carbons (Fsp3) is 0.179. The van der Waals surface area contributed by atoms with Gasteiger partial charge in [0.2, 0.25) is 0 Å². The van der Waals surface area contributed by atoms with E-state index in [0.29, 0.717) is 24.3 Å². The van der Waals surface area contributed by atoms with E-state index in [1.807, 2.05) is 36.4 Å². The molecule has 0 aliphatic rings. The Morgan fingerprint density at radius 3 is 2.17 bits per heavy atom. The summed E-state index contributed by atoms with van der Waals surface area (Å²) in [6, 6.07) is 28.1. The van der Waals surface area contributed by atoms with Crippen LogP contribution in [0, 0.1) is 0 Å². The van der Waals surface area contributed by atoms with Crippen molar-refractivity contribution >= 4 is 22.8 Å². The largest absolute Gasteiger partial charge is 0.482 e. The van der Waals surface area contributed by atoms with Crippen LogP contribution in [-0.2, 0) is 14.3 Å². The molecule has 0 saturated heterocycles. The summed E-state index contributed by atoms with van der Waals surface area (Å²) in [4.78, 5) is 35.5. The molecule has 1 heterocycles. The van der Waals surface area contributed by atoms with E-state index in [-0.39, 0.29) is 18.4 Å².